The molecule has 0 aliphatic carbocycles. The predicted octanol–water partition coefficient (Wildman–Crippen LogP) is 2.74. The Labute approximate surface area is 135 Å². The Bertz CT molecular complexity index is 701. The lowest BCUT2D eigenvalue weighted by atomic mass is 9.95. The minimum absolute atomic E-state index is 0.128. The fourth-order valence-electron chi connectivity index (χ4n) is 3.29. The second kappa shape index (κ2) is 5.21. The Kier molecular flexibility index (Phi) is 3.19. The number of carbonyl (C=O) groups is 1. The fourth-order valence-corrected chi connectivity index (χ4v) is 3.63. The smallest absolute Gasteiger partial charge is 0.252 e. The van der Waals surface area contributed by atoms with Gasteiger partial charge in [0.2, 0.25) is 0 Å². The highest BCUT2D eigenvalue weighted by Gasteiger charge is 2.44. The van der Waals surface area contributed by atoms with Crippen LogP contribution in [0.5, 0.6) is 0 Å². The van der Waals surface area contributed by atoms with Crippen molar-refractivity contribution in [2.75, 3.05) is 0 Å². The molecule has 2 aromatic rings. The number of thiocarbonyl (C=S) groups is 1. The minimum Gasteiger partial charge on any atom is -0.332 e. The topological polar surface area (TPSA) is 23.6 Å². The van der Waals surface area contributed by atoms with Crippen LogP contribution in [0.1, 0.15) is 16.7 Å². The first-order valence-corrected chi connectivity index (χ1v) is 7.87. The van der Waals surface area contributed by atoms with Gasteiger partial charge in [0.25, 0.3) is 5.91 Å². The van der Waals surface area contributed by atoms with Crippen LogP contribution in [0.4, 0.5) is 0 Å². The third kappa shape index (κ3) is 2.11. The summed E-state index contributed by atoms with van der Waals surface area (Å²) in [5.74, 6) is 0.128. The molecule has 22 heavy (non-hydrogen) atoms. The molecule has 1 fully saturated rings. The normalized spacial score (nSPS) is 20.1. The molecule has 0 unspecified atom stereocenters. The van der Waals surface area contributed by atoms with E-state index in [1.807, 2.05) is 42.5 Å². The van der Waals surface area contributed by atoms with E-state index < -0.39 is 0 Å². The Morgan fingerprint density at radius 1 is 1.00 bits per heavy atom. The minimum atomic E-state index is -0.133. The SMILES string of the molecule is O=C1[C@H]2Cc3ccccc3CN2C(=S)N1Cc1ccccc1. The maximum Gasteiger partial charge on any atom is 0.252 e. The summed E-state index contributed by atoms with van der Waals surface area (Å²) >= 11 is 5.57. The first kappa shape index (κ1) is 13.5. The average molecular weight is 308 g/mol. The van der Waals surface area contributed by atoms with E-state index in [0.29, 0.717) is 11.7 Å². The number of fused-ring (bicyclic) bond motifs is 2. The molecule has 1 atom stereocenters. The van der Waals surface area contributed by atoms with Crippen LogP contribution in [0.15, 0.2) is 54.6 Å². The zero-order chi connectivity index (χ0) is 15.1. The highest BCUT2D eigenvalue weighted by atomic mass is 32.1. The lowest BCUT2D eigenvalue weighted by Crippen LogP contribution is -2.39. The molecular weight excluding hydrogens is 292 g/mol. The van der Waals surface area contributed by atoms with E-state index in [1.165, 1.54) is 11.1 Å². The first-order chi connectivity index (χ1) is 10.7. The lowest BCUT2D eigenvalue weighted by molar-refractivity contribution is -0.128. The summed E-state index contributed by atoms with van der Waals surface area (Å²) in [6.45, 7) is 1.29. The number of hydrogen-bond acceptors (Lipinski definition) is 2. The predicted molar refractivity (Wildman–Crippen MR) is 89.1 cm³/mol. The number of amides is 1. The Morgan fingerprint density at radius 3 is 2.45 bits per heavy atom. The molecule has 1 amide bonds. The highest BCUT2D eigenvalue weighted by Crippen LogP contribution is 2.30. The van der Waals surface area contributed by atoms with Crippen LogP contribution in [0.25, 0.3) is 0 Å². The standard InChI is InChI=1S/C18H16N2OS/c21-17-16-10-14-8-4-5-9-15(14)12-19(16)18(22)20(17)11-13-6-2-1-3-7-13/h1-9,16H,10-12H2/t16-/m1/s1. The van der Waals surface area contributed by atoms with Gasteiger partial charge < -0.3 is 4.90 Å². The summed E-state index contributed by atoms with van der Waals surface area (Å²) in [6, 6.07) is 18.2. The van der Waals surface area contributed by atoms with Gasteiger partial charge in [-0.15, -0.1) is 0 Å². The van der Waals surface area contributed by atoms with Crippen molar-refractivity contribution in [3.63, 3.8) is 0 Å². The van der Waals surface area contributed by atoms with Gasteiger partial charge in [0, 0.05) is 13.0 Å². The molecule has 2 heterocycles. The summed E-state index contributed by atoms with van der Waals surface area (Å²) in [7, 11) is 0. The molecule has 0 spiro atoms. The van der Waals surface area contributed by atoms with E-state index in [-0.39, 0.29) is 11.9 Å². The third-order valence-corrected chi connectivity index (χ3v) is 4.91. The van der Waals surface area contributed by atoms with Crippen LogP contribution in [0.3, 0.4) is 0 Å². The maximum absolute atomic E-state index is 12.8. The second-order valence-corrected chi connectivity index (χ2v) is 6.17. The van der Waals surface area contributed by atoms with Crippen LogP contribution in [-0.4, -0.2) is 26.9 Å². The molecule has 110 valence electrons. The van der Waals surface area contributed by atoms with E-state index in [9.17, 15) is 4.79 Å². The van der Waals surface area contributed by atoms with E-state index in [1.54, 1.807) is 4.90 Å². The van der Waals surface area contributed by atoms with Gasteiger partial charge in [-0.25, -0.2) is 0 Å². The summed E-state index contributed by atoms with van der Waals surface area (Å²) in [6.07, 6.45) is 0.750. The van der Waals surface area contributed by atoms with E-state index >= 15 is 0 Å². The van der Waals surface area contributed by atoms with Crippen molar-refractivity contribution in [2.24, 2.45) is 0 Å². The zero-order valence-corrected chi connectivity index (χ0v) is 12.9. The molecule has 0 aromatic heterocycles. The van der Waals surface area contributed by atoms with Crippen LogP contribution >= 0.6 is 12.2 Å². The number of hydrogen-bond donors (Lipinski definition) is 0. The monoisotopic (exact) mass is 308 g/mol. The van der Waals surface area contributed by atoms with Crippen molar-refractivity contribution in [3.8, 4) is 0 Å². The van der Waals surface area contributed by atoms with Crippen molar-refractivity contribution in [3.05, 3.63) is 71.3 Å². The van der Waals surface area contributed by atoms with Gasteiger partial charge >= 0.3 is 0 Å². The maximum atomic E-state index is 12.8. The molecule has 2 aromatic carbocycles. The van der Waals surface area contributed by atoms with Gasteiger partial charge in [-0.2, -0.15) is 0 Å². The fraction of sp³-hybridized carbons (Fsp3) is 0.222. The lowest BCUT2D eigenvalue weighted by Gasteiger charge is -2.30. The summed E-state index contributed by atoms with van der Waals surface area (Å²) < 4.78 is 0. The molecule has 4 heteroatoms. The number of nitrogens with zero attached hydrogens (tertiary/aromatic N) is 2. The molecule has 2 aliphatic heterocycles. The van der Waals surface area contributed by atoms with E-state index in [2.05, 4.69) is 17.0 Å². The zero-order valence-electron chi connectivity index (χ0n) is 12.1. The molecule has 0 N–H and O–H groups in total. The first-order valence-electron chi connectivity index (χ1n) is 7.47. The Hall–Kier alpha value is -2.20. The molecule has 3 nitrogen and oxygen atoms in total. The van der Waals surface area contributed by atoms with Crippen LogP contribution in [0, 0.1) is 0 Å². The molecular formula is C18H16N2OS. The number of rotatable bonds is 2. The van der Waals surface area contributed by atoms with Crippen molar-refractivity contribution >= 4 is 23.2 Å². The van der Waals surface area contributed by atoms with E-state index in [4.69, 9.17) is 12.2 Å². The van der Waals surface area contributed by atoms with Crippen molar-refractivity contribution < 1.29 is 4.79 Å². The quantitative estimate of drug-likeness (QED) is 0.797. The highest BCUT2D eigenvalue weighted by molar-refractivity contribution is 7.80. The van der Waals surface area contributed by atoms with E-state index in [0.717, 1.165) is 18.5 Å². The molecule has 0 bridgehead atoms. The van der Waals surface area contributed by atoms with Gasteiger partial charge in [-0.3, -0.25) is 9.69 Å². The molecule has 1 saturated heterocycles. The van der Waals surface area contributed by atoms with Crippen LogP contribution < -0.4 is 0 Å². The van der Waals surface area contributed by atoms with Gasteiger partial charge in [-0.05, 0) is 28.9 Å². The molecule has 0 saturated carbocycles. The molecule has 0 radical (unpaired) electrons. The average Bonchev–Trinajstić information content (AvgIpc) is 2.79. The summed E-state index contributed by atoms with van der Waals surface area (Å²) in [5.41, 5.74) is 3.65. The molecule has 4 rings (SSSR count). The number of carbonyl (C=O) groups excluding carboxylic acids is 1. The van der Waals surface area contributed by atoms with Crippen LogP contribution in [-0.2, 0) is 24.3 Å². The van der Waals surface area contributed by atoms with Crippen LogP contribution in [0.2, 0.25) is 0 Å². The second-order valence-electron chi connectivity index (χ2n) is 5.81. The van der Waals surface area contributed by atoms with Gasteiger partial charge in [-0.1, -0.05) is 54.6 Å². The molecule has 2 aliphatic rings. The summed E-state index contributed by atoms with van der Waals surface area (Å²) in [4.78, 5) is 16.6. The van der Waals surface area contributed by atoms with Gasteiger partial charge in [0.1, 0.15) is 6.04 Å². The Balaban J connectivity index is 1.62. The van der Waals surface area contributed by atoms with Gasteiger partial charge in [0.15, 0.2) is 5.11 Å². The largest absolute Gasteiger partial charge is 0.332 e. The van der Waals surface area contributed by atoms with Crippen molar-refractivity contribution in [1.82, 2.24) is 9.80 Å². The van der Waals surface area contributed by atoms with Gasteiger partial charge in [0.05, 0.1) is 6.54 Å². The van der Waals surface area contributed by atoms with Crippen molar-refractivity contribution in [2.45, 2.75) is 25.6 Å². The third-order valence-electron chi connectivity index (χ3n) is 4.46. The van der Waals surface area contributed by atoms with Crippen molar-refractivity contribution in [1.29, 1.82) is 0 Å². The Morgan fingerprint density at radius 2 is 1.68 bits per heavy atom. The summed E-state index contributed by atoms with van der Waals surface area (Å²) in [5, 5.41) is 0.661. The number of benzene rings is 2.